The van der Waals surface area contributed by atoms with Gasteiger partial charge in [-0.05, 0) is 49.8 Å². The van der Waals surface area contributed by atoms with E-state index in [1.54, 1.807) is 38.1 Å². The van der Waals surface area contributed by atoms with Crippen LogP contribution in [0.5, 0.6) is 11.5 Å². The molecule has 6 nitrogen and oxygen atoms in total. The first-order valence-corrected chi connectivity index (χ1v) is 8.68. The van der Waals surface area contributed by atoms with Crippen LogP contribution in [-0.2, 0) is 4.79 Å². The minimum absolute atomic E-state index is 0.0670. The van der Waals surface area contributed by atoms with Gasteiger partial charge < -0.3 is 20.1 Å². The number of hydrogen-bond acceptors (Lipinski definition) is 3. The number of aromatic nitrogens is 1. The van der Waals surface area contributed by atoms with Crippen molar-refractivity contribution in [2.24, 2.45) is 0 Å². The monoisotopic (exact) mass is 376 g/mol. The lowest BCUT2D eigenvalue weighted by Crippen LogP contribution is -2.08. The van der Waals surface area contributed by atoms with E-state index in [1.807, 2.05) is 30.3 Å². The number of aromatic carboxylic acids is 1. The van der Waals surface area contributed by atoms with Gasteiger partial charge in [0.1, 0.15) is 17.2 Å². The van der Waals surface area contributed by atoms with Crippen LogP contribution in [0.2, 0.25) is 0 Å². The van der Waals surface area contributed by atoms with Crippen molar-refractivity contribution in [3.05, 3.63) is 83.2 Å². The zero-order chi connectivity index (χ0) is 20.1. The lowest BCUT2D eigenvalue weighted by Gasteiger charge is -2.08. The lowest BCUT2D eigenvalue weighted by atomic mass is 10.1. The van der Waals surface area contributed by atoms with Crippen LogP contribution in [0, 0.1) is 13.8 Å². The molecule has 0 saturated heterocycles. The van der Waals surface area contributed by atoms with E-state index in [-0.39, 0.29) is 11.6 Å². The summed E-state index contributed by atoms with van der Waals surface area (Å²) >= 11 is 0. The molecule has 1 amide bonds. The number of hydrogen-bond donors (Lipinski definition) is 3. The maximum absolute atomic E-state index is 12.3. The molecule has 142 valence electrons. The topological polar surface area (TPSA) is 91.4 Å². The van der Waals surface area contributed by atoms with Crippen molar-refractivity contribution in [2.45, 2.75) is 13.8 Å². The fourth-order valence-corrected chi connectivity index (χ4v) is 2.72. The first kappa shape index (κ1) is 19.0. The number of amides is 1. The molecule has 0 spiro atoms. The van der Waals surface area contributed by atoms with Gasteiger partial charge in [-0.1, -0.05) is 24.3 Å². The highest BCUT2D eigenvalue weighted by Gasteiger charge is 2.15. The van der Waals surface area contributed by atoms with Crippen LogP contribution in [0.25, 0.3) is 6.08 Å². The fourth-order valence-electron chi connectivity index (χ4n) is 2.72. The maximum Gasteiger partial charge on any atom is 0.352 e. The molecule has 2 aromatic carbocycles. The molecule has 1 aromatic heterocycles. The highest BCUT2D eigenvalue weighted by atomic mass is 16.5. The molecule has 0 fully saturated rings. The average molecular weight is 376 g/mol. The number of nitrogens with one attached hydrogen (secondary N) is 2. The van der Waals surface area contributed by atoms with Crippen molar-refractivity contribution < 1.29 is 19.4 Å². The zero-order valence-electron chi connectivity index (χ0n) is 15.5. The summed E-state index contributed by atoms with van der Waals surface area (Å²) in [6.45, 7) is 3.59. The fraction of sp³-hybridized carbons (Fsp3) is 0.0909. The Morgan fingerprint density at radius 3 is 2.46 bits per heavy atom. The van der Waals surface area contributed by atoms with Gasteiger partial charge in [0.2, 0.25) is 5.91 Å². The van der Waals surface area contributed by atoms with Crippen molar-refractivity contribution in [1.29, 1.82) is 0 Å². The van der Waals surface area contributed by atoms with Gasteiger partial charge in [0, 0.05) is 29.1 Å². The average Bonchev–Trinajstić information content (AvgIpc) is 2.96. The van der Waals surface area contributed by atoms with Crippen LogP contribution < -0.4 is 10.1 Å². The minimum atomic E-state index is -1.07. The lowest BCUT2D eigenvalue weighted by molar-refractivity contribution is -0.111. The normalized spacial score (nSPS) is 10.8. The number of rotatable bonds is 6. The number of carbonyl (C=O) groups is 2. The van der Waals surface area contributed by atoms with E-state index >= 15 is 0 Å². The molecule has 3 rings (SSSR count). The number of aromatic amines is 1. The summed E-state index contributed by atoms with van der Waals surface area (Å²) in [6, 6.07) is 16.4. The van der Waals surface area contributed by atoms with Crippen molar-refractivity contribution in [1.82, 2.24) is 4.98 Å². The Morgan fingerprint density at radius 2 is 1.75 bits per heavy atom. The Labute approximate surface area is 162 Å². The molecule has 3 N–H and O–H groups in total. The van der Waals surface area contributed by atoms with Crippen molar-refractivity contribution in [3.8, 4) is 11.5 Å². The molecule has 6 heteroatoms. The number of carboxylic acids is 1. The van der Waals surface area contributed by atoms with Crippen LogP contribution in [-0.4, -0.2) is 22.0 Å². The molecule has 0 saturated carbocycles. The van der Waals surface area contributed by atoms with E-state index in [1.165, 1.54) is 12.2 Å². The summed E-state index contributed by atoms with van der Waals surface area (Å²) in [5.41, 5.74) is 2.67. The molecule has 0 unspecified atom stereocenters. The van der Waals surface area contributed by atoms with Gasteiger partial charge in [-0.15, -0.1) is 0 Å². The molecule has 1 heterocycles. The molecule has 28 heavy (non-hydrogen) atoms. The van der Waals surface area contributed by atoms with Gasteiger partial charge in [-0.3, -0.25) is 4.79 Å². The molecule has 3 aromatic rings. The van der Waals surface area contributed by atoms with E-state index in [2.05, 4.69) is 10.3 Å². The van der Waals surface area contributed by atoms with Gasteiger partial charge in [-0.25, -0.2) is 4.79 Å². The Balaban J connectivity index is 1.71. The quantitative estimate of drug-likeness (QED) is 0.540. The summed E-state index contributed by atoms with van der Waals surface area (Å²) in [4.78, 5) is 26.4. The van der Waals surface area contributed by atoms with Crippen molar-refractivity contribution in [3.63, 3.8) is 0 Å². The third kappa shape index (κ3) is 4.48. The second kappa shape index (κ2) is 8.26. The molecule has 0 atom stereocenters. The van der Waals surface area contributed by atoms with Gasteiger partial charge in [0.15, 0.2) is 0 Å². The van der Waals surface area contributed by atoms with Crippen LogP contribution in [0.3, 0.4) is 0 Å². The minimum Gasteiger partial charge on any atom is -0.477 e. The first-order chi connectivity index (χ1) is 13.4. The first-order valence-electron chi connectivity index (χ1n) is 8.68. The summed E-state index contributed by atoms with van der Waals surface area (Å²) in [7, 11) is 0. The maximum atomic E-state index is 12.3. The van der Waals surface area contributed by atoms with Gasteiger partial charge in [0.25, 0.3) is 0 Å². The van der Waals surface area contributed by atoms with E-state index in [9.17, 15) is 14.7 Å². The Kier molecular flexibility index (Phi) is 5.60. The van der Waals surface area contributed by atoms with Crippen molar-refractivity contribution in [2.75, 3.05) is 5.32 Å². The summed E-state index contributed by atoms with van der Waals surface area (Å²) < 4.78 is 5.75. The van der Waals surface area contributed by atoms with E-state index in [0.29, 0.717) is 22.7 Å². The van der Waals surface area contributed by atoms with E-state index < -0.39 is 5.97 Å². The highest BCUT2D eigenvalue weighted by Crippen LogP contribution is 2.24. The molecule has 0 aliphatic rings. The second-order valence-corrected chi connectivity index (χ2v) is 6.23. The Hall–Kier alpha value is -3.80. The third-order valence-electron chi connectivity index (χ3n) is 4.24. The summed E-state index contributed by atoms with van der Waals surface area (Å²) in [6.07, 6.45) is 2.81. The number of carbonyl (C=O) groups excluding carboxylic acids is 1. The number of para-hydroxylation sites is 1. The molecule has 0 radical (unpaired) electrons. The van der Waals surface area contributed by atoms with Crippen LogP contribution in [0.15, 0.2) is 60.7 Å². The zero-order valence-corrected chi connectivity index (χ0v) is 15.5. The number of ether oxygens (including phenoxy) is 1. The number of H-pyrrole nitrogens is 1. The summed E-state index contributed by atoms with van der Waals surface area (Å²) in [5.74, 6) is -0.142. The van der Waals surface area contributed by atoms with E-state index in [4.69, 9.17) is 4.74 Å². The molecule has 0 aliphatic heterocycles. The number of carboxylic acid groups (broad SMARTS) is 1. The standard InChI is InChI=1S/C22H20N2O4/c1-14-15(2)23-21(22(26)27)19(14)11-12-20(25)24-16-7-6-10-18(13-16)28-17-8-4-3-5-9-17/h3-13,23H,1-2H3,(H,24,25)(H,26,27)/b12-11+. The van der Waals surface area contributed by atoms with Crippen LogP contribution in [0.1, 0.15) is 27.3 Å². The smallest absolute Gasteiger partial charge is 0.352 e. The van der Waals surface area contributed by atoms with Gasteiger partial charge >= 0.3 is 5.97 Å². The third-order valence-corrected chi connectivity index (χ3v) is 4.24. The molecule has 0 aliphatic carbocycles. The largest absolute Gasteiger partial charge is 0.477 e. The van der Waals surface area contributed by atoms with Crippen LogP contribution in [0.4, 0.5) is 5.69 Å². The highest BCUT2D eigenvalue weighted by molar-refractivity contribution is 6.03. The van der Waals surface area contributed by atoms with Crippen LogP contribution >= 0.6 is 0 Å². The second-order valence-electron chi connectivity index (χ2n) is 6.23. The predicted octanol–water partition coefficient (Wildman–Crippen LogP) is 4.77. The molecule has 0 bridgehead atoms. The molecular weight excluding hydrogens is 356 g/mol. The summed E-state index contributed by atoms with van der Waals surface area (Å²) in [5, 5.41) is 12.0. The number of anilines is 1. The van der Waals surface area contributed by atoms with Gasteiger partial charge in [-0.2, -0.15) is 0 Å². The number of benzene rings is 2. The molecular formula is C22H20N2O4. The van der Waals surface area contributed by atoms with Gasteiger partial charge in [0.05, 0.1) is 0 Å². The van der Waals surface area contributed by atoms with Crippen molar-refractivity contribution >= 4 is 23.6 Å². The Morgan fingerprint density at radius 1 is 1.04 bits per heavy atom. The number of aryl methyl sites for hydroxylation is 1. The predicted molar refractivity (Wildman–Crippen MR) is 108 cm³/mol. The SMILES string of the molecule is Cc1[nH]c(C(=O)O)c(/C=C/C(=O)Nc2cccc(Oc3ccccc3)c2)c1C. The van der Waals surface area contributed by atoms with E-state index in [0.717, 1.165) is 11.3 Å². The Bertz CT molecular complexity index is 1040.